The normalized spacial score (nSPS) is 12.6. The fourth-order valence-corrected chi connectivity index (χ4v) is 2.69. The van der Waals surface area contributed by atoms with Crippen LogP contribution in [0.1, 0.15) is 43.1 Å². The van der Waals surface area contributed by atoms with Crippen molar-refractivity contribution in [1.82, 2.24) is 15.1 Å². The fraction of sp³-hybridized carbons (Fsp3) is 0.471. The number of rotatable bonds is 7. The lowest BCUT2D eigenvalue weighted by Gasteiger charge is -2.18. The van der Waals surface area contributed by atoms with Gasteiger partial charge in [-0.1, -0.05) is 44.2 Å². The summed E-state index contributed by atoms with van der Waals surface area (Å²) in [6.07, 6.45) is 5.35. The van der Waals surface area contributed by atoms with Crippen LogP contribution in [-0.4, -0.2) is 16.3 Å². The van der Waals surface area contributed by atoms with Gasteiger partial charge in [0, 0.05) is 24.8 Å². The first-order chi connectivity index (χ1) is 9.74. The third-order valence-electron chi connectivity index (χ3n) is 3.66. The predicted molar refractivity (Wildman–Crippen MR) is 83.8 cm³/mol. The van der Waals surface area contributed by atoms with Gasteiger partial charge in [0.1, 0.15) is 0 Å². The minimum atomic E-state index is 0.392. The molecule has 0 aliphatic rings. The monoisotopic (exact) mass is 271 g/mol. The molecule has 0 aliphatic carbocycles. The smallest absolute Gasteiger partial charge is 0.0669 e. The van der Waals surface area contributed by atoms with Gasteiger partial charge in [-0.3, -0.25) is 4.68 Å². The van der Waals surface area contributed by atoms with Gasteiger partial charge in [-0.05, 0) is 31.4 Å². The van der Waals surface area contributed by atoms with Crippen LogP contribution in [0.2, 0.25) is 0 Å². The average molecular weight is 271 g/mol. The molecule has 0 amide bonds. The summed E-state index contributed by atoms with van der Waals surface area (Å²) in [4.78, 5) is 0. The van der Waals surface area contributed by atoms with Gasteiger partial charge in [0.25, 0.3) is 0 Å². The Morgan fingerprint density at radius 2 is 1.95 bits per heavy atom. The molecule has 2 aromatic rings. The maximum absolute atomic E-state index is 4.56. The summed E-state index contributed by atoms with van der Waals surface area (Å²) >= 11 is 0. The zero-order chi connectivity index (χ0) is 14.4. The van der Waals surface area contributed by atoms with Gasteiger partial charge in [0.05, 0.1) is 5.69 Å². The van der Waals surface area contributed by atoms with E-state index in [0.717, 1.165) is 25.8 Å². The van der Waals surface area contributed by atoms with Crippen LogP contribution >= 0.6 is 0 Å². The molecule has 0 saturated carbocycles. The molecule has 0 bridgehead atoms. The Morgan fingerprint density at radius 1 is 1.20 bits per heavy atom. The van der Waals surface area contributed by atoms with Gasteiger partial charge in [0.15, 0.2) is 0 Å². The lowest BCUT2D eigenvalue weighted by molar-refractivity contribution is 0.512. The first-order valence-electron chi connectivity index (χ1n) is 7.54. The summed E-state index contributed by atoms with van der Waals surface area (Å²) in [5.74, 6) is 0. The van der Waals surface area contributed by atoms with Crippen LogP contribution in [-0.2, 0) is 19.9 Å². The van der Waals surface area contributed by atoms with Gasteiger partial charge >= 0.3 is 0 Å². The molecule has 108 valence electrons. The largest absolute Gasteiger partial charge is 0.310 e. The molecular formula is C17H25N3. The van der Waals surface area contributed by atoms with Crippen molar-refractivity contribution in [2.45, 2.75) is 39.2 Å². The molecule has 3 nitrogen and oxygen atoms in total. The summed E-state index contributed by atoms with van der Waals surface area (Å²) < 4.78 is 1.93. The van der Waals surface area contributed by atoms with E-state index < -0.39 is 0 Å². The van der Waals surface area contributed by atoms with Crippen molar-refractivity contribution in [1.29, 1.82) is 0 Å². The van der Waals surface area contributed by atoms with Crippen LogP contribution in [0.3, 0.4) is 0 Å². The molecular weight excluding hydrogens is 246 g/mol. The maximum atomic E-state index is 4.56. The van der Waals surface area contributed by atoms with Crippen molar-refractivity contribution in [3.63, 3.8) is 0 Å². The van der Waals surface area contributed by atoms with E-state index in [1.54, 1.807) is 0 Å². The van der Waals surface area contributed by atoms with E-state index in [1.165, 1.54) is 16.8 Å². The first kappa shape index (κ1) is 14.8. The number of hydrogen-bond donors (Lipinski definition) is 1. The van der Waals surface area contributed by atoms with E-state index >= 15 is 0 Å². The van der Waals surface area contributed by atoms with Crippen molar-refractivity contribution in [2.24, 2.45) is 7.05 Å². The second-order valence-electron chi connectivity index (χ2n) is 5.19. The molecule has 20 heavy (non-hydrogen) atoms. The molecule has 1 aromatic heterocycles. The molecule has 0 saturated heterocycles. The third-order valence-corrected chi connectivity index (χ3v) is 3.66. The molecule has 0 radical (unpaired) electrons. The highest BCUT2D eigenvalue weighted by molar-refractivity contribution is 5.22. The second-order valence-corrected chi connectivity index (χ2v) is 5.19. The zero-order valence-corrected chi connectivity index (χ0v) is 12.8. The average Bonchev–Trinajstić information content (AvgIpc) is 2.85. The van der Waals surface area contributed by atoms with Crippen LogP contribution in [0.4, 0.5) is 0 Å². The Kier molecular flexibility index (Phi) is 5.36. The fourth-order valence-electron chi connectivity index (χ4n) is 2.69. The number of hydrogen-bond acceptors (Lipinski definition) is 2. The van der Waals surface area contributed by atoms with E-state index in [4.69, 9.17) is 0 Å². The van der Waals surface area contributed by atoms with Crippen LogP contribution in [0.5, 0.6) is 0 Å². The molecule has 0 aliphatic heterocycles. The number of nitrogens with zero attached hydrogens (tertiary/aromatic N) is 2. The summed E-state index contributed by atoms with van der Waals surface area (Å²) in [5, 5.41) is 8.17. The highest BCUT2D eigenvalue weighted by atomic mass is 15.3. The SMILES string of the molecule is CCNC(CCc1ccccc1)c1cn(C)nc1CC. The molecule has 3 heteroatoms. The Labute approximate surface area is 122 Å². The summed E-state index contributed by atoms with van der Waals surface area (Å²) in [7, 11) is 2.00. The van der Waals surface area contributed by atoms with E-state index in [-0.39, 0.29) is 0 Å². The van der Waals surface area contributed by atoms with Gasteiger partial charge in [0.2, 0.25) is 0 Å². The standard InChI is InChI=1S/C17H25N3/c1-4-16-15(13-20(3)19-16)17(18-5-2)12-11-14-9-7-6-8-10-14/h6-10,13,17-18H,4-5,11-12H2,1-3H3. The van der Waals surface area contributed by atoms with Gasteiger partial charge in [-0.25, -0.2) is 0 Å². The molecule has 1 N–H and O–H groups in total. The molecule has 1 aromatic carbocycles. The molecule has 0 spiro atoms. The van der Waals surface area contributed by atoms with Crippen molar-refractivity contribution in [2.75, 3.05) is 6.54 Å². The summed E-state index contributed by atoms with van der Waals surface area (Å²) in [6, 6.07) is 11.1. The Morgan fingerprint density at radius 3 is 2.60 bits per heavy atom. The van der Waals surface area contributed by atoms with E-state index in [0.29, 0.717) is 6.04 Å². The van der Waals surface area contributed by atoms with E-state index in [2.05, 4.69) is 60.8 Å². The van der Waals surface area contributed by atoms with Crippen LogP contribution in [0, 0.1) is 0 Å². The van der Waals surface area contributed by atoms with Gasteiger partial charge in [-0.15, -0.1) is 0 Å². The lowest BCUT2D eigenvalue weighted by atomic mass is 9.98. The maximum Gasteiger partial charge on any atom is 0.0669 e. The highest BCUT2D eigenvalue weighted by Crippen LogP contribution is 2.22. The van der Waals surface area contributed by atoms with Crippen molar-refractivity contribution >= 4 is 0 Å². The number of aromatic nitrogens is 2. The van der Waals surface area contributed by atoms with Crippen molar-refractivity contribution in [3.05, 3.63) is 53.3 Å². The first-order valence-corrected chi connectivity index (χ1v) is 7.54. The third kappa shape index (κ3) is 3.70. The van der Waals surface area contributed by atoms with Crippen LogP contribution in [0.15, 0.2) is 36.5 Å². The predicted octanol–water partition coefficient (Wildman–Crippen LogP) is 3.27. The van der Waals surface area contributed by atoms with Gasteiger partial charge in [-0.2, -0.15) is 5.10 Å². The quantitative estimate of drug-likeness (QED) is 0.837. The topological polar surface area (TPSA) is 29.9 Å². The molecule has 1 unspecified atom stereocenters. The molecule has 2 rings (SSSR count). The summed E-state index contributed by atoms with van der Waals surface area (Å²) in [5.41, 5.74) is 3.97. The van der Waals surface area contributed by atoms with E-state index in [1.807, 2.05) is 11.7 Å². The Hall–Kier alpha value is -1.61. The second kappa shape index (κ2) is 7.25. The number of nitrogens with one attached hydrogen (secondary N) is 1. The van der Waals surface area contributed by atoms with Gasteiger partial charge < -0.3 is 5.32 Å². The van der Waals surface area contributed by atoms with Crippen molar-refractivity contribution < 1.29 is 0 Å². The van der Waals surface area contributed by atoms with Crippen LogP contribution in [0.25, 0.3) is 0 Å². The van der Waals surface area contributed by atoms with E-state index in [9.17, 15) is 0 Å². The van der Waals surface area contributed by atoms with Crippen LogP contribution < -0.4 is 5.32 Å². The Balaban J connectivity index is 2.10. The minimum absolute atomic E-state index is 0.392. The molecule has 1 atom stereocenters. The zero-order valence-electron chi connectivity index (χ0n) is 12.8. The Bertz CT molecular complexity index is 516. The van der Waals surface area contributed by atoms with Crippen molar-refractivity contribution in [3.8, 4) is 0 Å². The lowest BCUT2D eigenvalue weighted by Crippen LogP contribution is -2.22. The molecule has 0 fully saturated rings. The highest BCUT2D eigenvalue weighted by Gasteiger charge is 2.16. The minimum Gasteiger partial charge on any atom is -0.310 e. The molecule has 1 heterocycles. The number of benzene rings is 1. The number of aryl methyl sites for hydroxylation is 3. The summed E-state index contributed by atoms with van der Waals surface area (Å²) in [6.45, 7) is 5.32.